The van der Waals surface area contributed by atoms with Crippen LogP contribution in [-0.2, 0) is 16.0 Å². The Morgan fingerprint density at radius 2 is 1.85 bits per heavy atom. The van der Waals surface area contributed by atoms with Gasteiger partial charge in [0.2, 0.25) is 5.91 Å². The van der Waals surface area contributed by atoms with Gasteiger partial charge in [0.05, 0.1) is 18.0 Å². The molecule has 2 aromatic carbocycles. The Kier molecular flexibility index (Phi) is 6.59. The number of Topliss-reactive ketones (excluding diaryl/α,β-unsaturated/α-hetero) is 1. The van der Waals surface area contributed by atoms with Crippen molar-refractivity contribution in [1.82, 2.24) is 15.3 Å². The van der Waals surface area contributed by atoms with Gasteiger partial charge in [-0.2, -0.15) is 0 Å². The lowest BCUT2D eigenvalue weighted by atomic mass is 9.90. The number of pyridine rings is 1. The van der Waals surface area contributed by atoms with Crippen molar-refractivity contribution in [3.63, 3.8) is 0 Å². The predicted octanol–water partition coefficient (Wildman–Crippen LogP) is 5.68. The third kappa shape index (κ3) is 4.68. The second-order valence-electron chi connectivity index (χ2n) is 9.12. The molecule has 0 saturated heterocycles. The number of benzene rings is 2. The highest BCUT2D eigenvalue weighted by molar-refractivity contribution is 5.98. The Balaban J connectivity index is 1.63. The molecule has 0 aliphatic rings. The molecule has 2 atom stereocenters. The zero-order valence-electron chi connectivity index (χ0n) is 19.7. The number of para-hydroxylation sites is 1. The van der Waals surface area contributed by atoms with Crippen LogP contribution in [0.4, 0.5) is 0 Å². The number of H-pyrrole nitrogens is 1. The Morgan fingerprint density at radius 1 is 1.06 bits per heavy atom. The van der Waals surface area contributed by atoms with Crippen molar-refractivity contribution < 1.29 is 9.59 Å². The molecule has 0 spiro atoms. The van der Waals surface area contributed by atoms with Crippen molar-refractivity contribution in [2.45, 2.75) is 46.6 Å². The zero-order valence-corrected chi connectivity index (χ0v) is 19.7. The number of nitrogens with zero attached hydrogens (tertiary/aromatic N) is 1. The summed E-state index contributed by atoms with van der Waals surface area (Å²) >= 11 is 0. The van der Waals surface area contributed by atoms with Gasteiger partial charge in [0.1, 0.15) is 0 Å². The standard InChI is InChI=1S/C28H31N3O2/c1-5-18(4)26(28(33)17(2)3)31-25(32)15-21-16-30-24-12-11-20(14-23(21)24)22-10-6-8-19-9-7-13-29-27(19)22/h6-14,16-18,26,30H,5,15H2,1-4H3,(H,31,32)/t18-,26?/m0/s1. The first-order valence-electron chi connectivity index (χ1n) is 11.7. The molecule has 5 nitrogen and oxygen atoms in total. The van der Waals surface area contributed by atoms with E-state index in [1.807, 2.05) is 58.3 Å². The fraction of sp³-hybridized carbons (Fsp3) is 0.321. The lowest BCUT2D eigenvalue weighted by molar-refractivity contribution is -0.130. The molecule has 0 bridgehead atoms. The number of fused-ring (bicyclic) bond motifs is 2. The Hall–Kier alpha value is -3.47. The average molecular weight is 442 g/mol. The minimum absolute atomic E-state index is 0.0855. The van der Waals surface area contributed by atoms with E-state index in [9.17, 15) is 9.59 Å². The first kappa shape index (κ1) is 22.7. The van der Waals surface area contributed by atoms with Gasteiger partial charge in [-0.05, 0) is 35.2 Å². The summed E-state index contributed by atoms with van der Waals surface area (Å²) < 4.78 is 0. The maximum absolute atomic E-state index is 13.0. The van der Waals surface area contributed by atoms with E-state index in [1.165, 1.54) is 0 Å². The van der Waals surface area contributed by atoms with E-state index in [0.717, 1.165) is 44.9 Å². The predicted molar refractivity (Wildman–Crippen MR) is 134 cm³/mol. The van der Waals surface area contributed by atoms with Crippen LogP contribution in [0.5, 0.6) is 0 Å². The summed E-state index contributed by atoms with van der Waals surface area (Å²) in [5.74, 6) is -0.0682. The number of nitrogens with one attached hydrogen (secondary N) is 2. The van der Waals surface area contributed by atoms with E-state index in [2.05, 4.69) is 45.6 Å². The van der Waals surface area contributed by atoms with Gasteiger partial charge in [-0.25, -0.2) is 0 Å². The summed E-state index contributed by atoms with van der Waals surface area (Å²) in [7, 11) is 0. The van der Waals surface area contributed by atoms with Crippen LogP contribution < -0.4 is 5.32 Å². The molecule has 4 aromatic rings. The lowest BCUT2D eigenvalue weighted by Crippen LogP contribution is -2.47. The van der Waals surface area contributed by atoms with E-state index in [0.29, 0.717) is 0 Å². The summed E-state index contributed by atoms with van der Waals surface area (Å²) in [6, 6.07) is 15.9. The first-order valence-corrected chi connectivity index (χ1v) is 11.7. The SMILES string of the molecule is CC[C@H](C)C(NC(=O)Cc1c[nH]c2ccc(-c3cccc4cccnc34)cc12)C(=O)C(C)C. The Bertz CT molecular complexity index is 1300. The Labute approximate surface area is 194 Å². The largest absolute Gasteiger partial charge is 0.361 e. The number of hydrogen-bond acceptors (Lipinski definition) is 3. The molecule has 0 aliphatic carbocycles. The number of ketones is 1. The van der Waals surface area contributed by atoms with Crippen LogP contribution in [-0.4, -0.2) is 27.7 Å². The lowest BCUT2D eigenvalue weighted by Gasteiger charge is -2.24. The summed E-state index contributed by atoms with van der Waals surface area (Å²) in [6.45, 7) is 7.82. The summed E-state index contributed by atoms with van der Waals surface area (Å²) in [5.41, 5.74) is 4.97. The molecule has 0 fully saturated rings. The van der Waals surface area contributed by atoms with Gasteiger partial charge < -0.3 is 10.3 Å². The number of amides is 1. The van der Waals surface area contributed by atoms with Crippen LogP contribution >= 0.6 is 0 Å². The quantitative estimate of drug-likeness (QED) is 0.369. The second-order valence-corrected chi connectivity index (χ2v) is 9.12. The Morgan fingerprint density at radius 3 is 2.61 bits per heavy atom. The molecule has 0 radical (unpaired) electrons. The molecule has 0 aliphatic heterocycles. The highest BCUT2D eigenvalue weighted by Crippen LogP contribution is 2.31. The van der Waals surface area contributed by atoms with Gasteiger partial charge in [0.25, 0.3) is 0 Å². The van der Waals surface area contributed by atoms with E-state index in [4.69, 9.17) is 0 Å². The van der Waals surface area contributed by atoms with E-state index in [1.54, 1.807) is 0 Å². The number of rotatable bonds is 8. The molecule has 170 valence electrons. The highest BCUT2D eigenvalue weighted by Gasteiger charge is 2.27. The fourth-order valence-corrected chi connectivity index (χ4v) is 4.32. The molecule has 1 unspecified atom stereocenters. The van der Waals surface area contributed by atoms with Crippen molar-refractivity contribution in [3.8, 4) is 11.1 Å². The van der Waals surface area contributed by atoms with Crippen LogP contribution in [0.15, 0.2) is 60.9 Å². The summed E-state index contributed by atoms with van der Waals surface area (Å²) in [5, 5.41) is 5.11. The van der Waals surface area contributed by atoms with Crippen LogP contribution in [0, 0.1) is 11.8 Å². The smallest absolute Gasteiger partial charge is 0.225 e. The molecule has 0 saturated carbocycles. The van der Waals surface area contributed by atoms with E-state index >= 15 is 0 Å². The van der Waals surface area contributed by atoms with Gasteiger partial charge in [-0.15, -0.1) is 0 Å². The average Bonchev–Trinajstić information content (AvgIpc) is 3.22. The molecular weight excluding hydrogens is 410 g/mol. The van der Waals surface area contributed by atoms with Crippen molar-refractivity contribution in [3.05, 3.63) is 66.5 Å². The van der Waals surface area contributed by atoms with Crippen molar-refractivity contribution in [2.75, 3.05) is 0 Å². The van der Waals surface area contributed by atoms with Crippen LogP contribution in [0.2, 0.25) is 0 Å². The minimum atomic E-state index is -0.454. The minimum Gasteiger partial charge on any atom is -0.361 e. The van der Waals surface area contributed by atoms with Crippen LogP contribution in [0.25, 0.3) is 32.9 Å². The topological polar surface area (TPSA) is 74.8 Å². The summed E-state index contributed by atoms with van der Waals surface area (Å²) in [6.07, 6.45) is 4.74. The van der Waals surface area contributed by atoms with Crippen LogP contribution in [0.1, 0.15) is 39.7 Å². The number of aromatic amines is 1. The third-order valence-electron chi connectivity index (χ3n) is 6.47. The number of aromatic nitrogens is 2. The van der Waals surface area contributed by atoms with Crippen molar-refractivity contribution in [1.29, 1.82) is 0 Å². The zero-order chi connectivity index (χ0) is 23.5. The number of carbonyl (C=O) groups is 2. The second kappa shape index (κ2) is 9.57. The molecule has 4 rings (SSSR count). The third-order valence-corrected chi connectivity index (χ3v) is 6.47. The highest BCUT2D eigenvalue weighted by atomic mass is 16.2. The molecule has 33 heavy (non-hydrogen) atoms. The maximum atomic E-state index is 13.0. The maximum Gasteiger partial charge on any atom is 0.225 e. The molecule has 2 aromatic heterocycles. The normalized spacial score (nSPS) is 13.4. The molecule has 2 N–H and O–H groups in total. The molecule has 1 amide bonds. The summed E-state index contributed by atoms with van der Waals surface area (Å²) in [4.78, 5) is 33.5. The molecular formula is C28H31N3O2. The van der Waals surface area contributed by atoms with Crippen molar-refractivity contribution in [2.24, 2.45) is 11.8 Å². The van der Waals surface area contributed by atoms with Crippen LogP contribution in [0.3, 0.4) is 0 Å². The number of carbonyl (C=O) groups excluding carboxylic acids is 2. The van der Waals surface area contributed by atoms with Gasteiger partial charge in [0.15, 0.2) is 5.78 Å². The van der Waals surface area contributed by atoms with Gasteiger partial charge >= 0.3 is 0 Å². The van der Waals surface area contributed by atoms with Gasteiger partial charge in [0, 0.05) is 40.2 Å². The van der Waals surface area contributed by atoms with Crippen molar-refractivity contribution >= 4 is 33.5 Å². The molecule has 2 heterocycles. The van der Waals surface area contributed by atoms with Gasteiger partial charge in [-0.3, -0.25) is 14.6 Å². The fourth-order valence-electron chi connectivity index (χ4n) is 4.32. The monoisotopic (exact) mass is 441 g/mol. The molecule has 5 heteroatoms. The van der Waals surface area contributed by atoms with Gasteiger partial charge in [-0.1, -0.05) is 64.4 Å². The van der Waals surface area contributed by atoms with E-state index < -0.39 is 6.04 Å². The first-order chi connectivity index (χ1) is 15.9. The van der Waals surface area contributed by atoms with E-state index in [-0.39, 0.29) is 29.9 Å². The number of hydrogen-bond donors (Lipinski definition) is 2.